The zero-order valence-corrected chi connectivity index (χ0v) is 9.60. The normalized spacial score (nSPS) is 10.5. The molecule has 4 heteroatoms. The molecule has 2 nitrogen and oxygen atoms in total. The summed E-state index contributed by atoms with van der Waals surface area (Å²) in [5.74, 6) is 0. The van der Waals surface area contributed by atoms with Crippen molar-refractivity contribution < 1.29 is 4.79 Å². The van der Waals surface area contributed by atoms with Gasteiger partial charge in [-0.3, -0.25) is 4.79 Å². The third kappa shape index (κ3) is 1.98. The van der Waals surface area contributed by atoms with E-state index in [4.69, 9.17) is 11.6 Å². The van der Waals surface area contributed by atoms with Gasteiger partial charge < -0.3 is 0 Å². The number of halogens is 1. The summed E-state index contributed by atoms with van der Waals surface area (Å²) in [6, 6.07) is 7.65. The van der Waals surface area contributed by atoms with Gasteiger partial charge in [0.2, 0.25) is 0 Å². The second-order valence-corrected chi connectivity index (χ2v) is 4.28. The molecular weight excluding hydrogens is 230 g/mol. The van der Waals surface area contributed by atoms with E-state index in [1.807, 2.05) is 24.5 Å². The average molecular weight is 238 g/mol. The Morgan fingerprint density at radius 1 is 1.40 bits per heavy atom. The molecule has 0 aliphatic rings. The van der Waals surface area contributed by atoms with E-state index in [0.717, 1.165) is 22.1 Å². The number of carbonyl (C=O) groups is 1. The maximum atomic E-state index is 10.7. The van der Waals surface area contributed by atoms with Gasteiger partial charge in [0.25, 0.3) is 0 Å². The number of fused-ring (bicyclic) bond motifs is 1. The molecule has 1 heterocycles. The molecule has 0 atom stereocenters. The van der Waals surface area contributed by atoms with Gasteiger partial charge in [-0.05, 0) is 24.5 Å². The monoisotopic (exact) mass is 237 g/mol. The van der Waals surface area contributed by atoms with Crippen LogP contribution >= 0.6 is 23.4 Å². The summed E-state index contributed by atoms with van der Waals surface area (Å²) in [6.45, 7) is 0. The summed E-state index contributed by atoms with van der Waals surface area (Å²) in [5.41, 5.74) is 1.25. The molecule has 15 heavy (non-hydrogen) atoms. The number of nitrogens with zero attached hydrogens (tertiary/aromatic N) is 1. The molecule has 2 aromatic rings. The van der Waals surface area contributed by atoms with Crippen LogP contribution in [-0.2, 0) is 0 Å². The molecule has 0 saturated heterocycles. The maximum absolute atomic E-state index is 10.7. The number of pyridine rings is 1. The van der Waals surface area contributed by atoms with Crippen LogP contribution in [0.3, 0.4) is 0 Å². The number of rotatable bonds is 2. The molecule has 0 spiro atoms. The number of thioether (sulfide) groups is 1. The second kappa shape index (κ2) is 4.21. The topological polar surface area (TPSA) is 30.0 Å². The zero-order valence-electron chi connectivity index (χ0n) is 8.03. The van der Waals surface area contributed by atoms with Crippen molar-refractivity contribution in [1.29, 1.82) is 0 Å². The SMILES string of the molecule is CSc1ccc2cc(C=O)c(Cl)nc2c1. The Hall–Kier alpha value is -1.06. The highest BCUT2D eigenvalue weighted by Gasteiger charge is 2.04. The Morgan fingerprint density at radius 3 is 2.87 bits per heavy atom. The quantitative estimate of drug-likeness (QED) is 0.455. The highest BCUT2D eigenvalue weighted by Crippen LogP contribution is 2.23. The molecule has 76 valence electrons. The first-order chi connectivity index (χ1) is 7.24. The maximum Gasteiger partial charge on any atom is 0.153 e. The Balaban J connectivity index is 2.70. The van der Waals surface area contributed by atoms with E-state index in [9.17, 15) is 4.79 Å². The van der Waals surface area contributed by atoms with Gasteiger partial charge in [-0.15, -0.1) is 11.8 Å². The molecule has 1 aromatic heterocycles. The number of benzene rings is 1. The van der Waals surface area contributed by atoms with E-state index in [1.165, 1.54) is 0 Å². The number of aldehydes is 1. The standard InChI is InChI=1S/C11H8ClNOS/c1-15-9-3-2-7-4-8(6-14)11(12)13-10(7)5-9/h2-6H,1H3. The minimum atomic E-state index is 0.260. The molecule has 0 radical (unpaired) electrons. The zero-order chi connectivity index (χ0) is 10.8. The van der Waals surface area contributed by atoms with Crippen molar-refractivity contribution in [3.63, 3.8) is 0 Å². The molecule has 0 saturated carbocycles. The summed E-state index contributed by atoms with van der Waals surface area (Å²) in [5, 5.41) is 1.19. The summed E-state index contributed by atoms with van der Waals surface area (Å²) in [6.07, 6.45) is 2.72. The number of hydrogen-bond donors (Lipinski definition) is 0. The van der Waals surface area contributed by atoms with Crippen LogP contribution in [0.1, 0.15) is 10.4 Å². The van der Waals surface area contributed by atoms with Gasteiger partial charge in [0, 0.05) is 10.3 Å². The van der Waals surface area contributed by atoms with Crippen molar-refractivity contribution in [2.45, 2.75) is 4.90 Å². The molecule has 0 aliphatic carbocycles. The van der Waals surface area contributed by atoms with E-state index in [2.05, 4.69) is 4.98 Å². The summed E-state index contributed by atoms with van der Waals surface area (Å²) in [7, 11) is 0. The summed E-state index contributed by atoms with van der Waals surface area (Å²) >= 11 is 7.50. The van der Waals surface area contributed by atoms with Crippen molar-refractivity contribution in [2.24, 2.45) is 0 Å². The van der Waals surface area contributed by atoms with Crippen molar-refractivity contribution >= 4 is 40.6 Å². The number of hydrogen-bond acceptors (Lipinski definition) is 3. The first-order valence-electron chi connectivity index (χ1n) is 4.34. The average Bonchev–Trinajstić information content (AvgIpc) is 2.27. The molecule has 0 unspecified atom stereocenters. The smallest absolute Gasteiger partial charge is 0.153 e. The summed E-state index contributed by atoms with van der Waals surface area (Å²) < 4.78 is 0. The Labute approximate surface area is 96.7 Å². The molecule has 0 N–H and O–H groups in total. The molecule has 1 aromatic carbocycles. The second-order valence-electron chi connectivity index (χ2n) is 3.04. The fraction of sp³-hybridized carbons (Fsp3) is 0.0909. The van der Waals surface area contributed by atoms with Crippen LogP contribution in [0.2, 0.25) is 5.15 Å². The van der Waals surface area contributed by atoms with Crippen molar-refractivity contribution in [3.8, 4) is 0 Å². The van der Waals surface area contributed by atoms with E-state index >= 15 is 0 Å². The highest BCUT2D eigenvalue weighted by molar-refractivity contribution is 7.98. The molecule has 0 aliphatic heterocycles. The molecule has 0 amide bonds. The van der Waals surface area contributed by atoms with E-state index in [0.29, 0.717) is 5.56 Å². The first kappa shape index (κ1) is 10.5. The van der Waals surface area contributed by atoms with Crippen LogP contribution < -0.4 is 0 Å². The van der Waals surface area contributed by atoms with Gasteiger partial charge >= 0.3 is 0 Å². The van der Waals surface area contributed by atoms with Gasteiger partial charge in [-0.1, -0.05) is 17.7 Å². The van der Waals surface area contributed by atoms with Gasteiger partial charge in [0.15, 0.2) is 6.29 Å². The van der Waals surface area contributed by atoms with Gasteiger partial charge in [0.05, 0.1) is 11.1 Å². The molecular formula is C11H8ClNOS. The predicted molar refractivity (Wildman–Crippen MR) is 63.9 cm³/mol. The first-order valence-corrected chi connectivity index (χ1v) is 5.94. The van der Waals surface area contributed by atoms with Crippen molar-refractivity contribution in [1.82, 2.24) is 4.98 Å². The summed E-state index contributed by atoms with van der Waals surface area (Å²) in [4.78, 5) is 16.0. The minimum absolute atomic E-state index is 0.260. The molecule has 0 fully saturated rings. The third-order valence-corrected chi connectivity index (χ3v) is 3.16. The Morgan fingerprint density at radius 2 is 2.20 bits per heavy atom. The van der Waals surface area contributed by atoms with Gasteiger partial charge in [-0.2, -0.15) is 0 Å². The lowest BCUT2D eigenvalue weighted by Crippen LogP contribution is -1.88. The van der Waals surface area contributed by atoms with Crippen LogP contribution in [0, 0.1) is 0 Å². The highest BCUT2D eigenvalue weighted by atomic mass is 35.5. The van der Waals surface area contributed by atoms with Crippen molar-refractivity contribution in [2.75, 3.05) is 6.26 Å². The van der Waals surface area contributed by atoms with Gasteiger partial charge in [-0.25, -0.2) is 4.98 Å². The fourth-order valence-electron chi connectivity index (χ4n) is 1.35. The van der Waals surface area contributed by atoms with E-state index in [-0.39, 0.29) is 5.15 Å². The third-order valence-electron chi connectivity index (χ3n) is 2.13. The lowest BCUT2D eigenvalue weighted by atomic mass is 10.2. The van der Waals surface area contributed by atoms with Crippen LogP contribution in [0.5, 0.6) is 0 Å². The molecule has 2 rings (SSSR count). The van der Waals surface area contributed by atoms with Gasteiger partial charge in [0.1, 0.15) is 5.15 Å². The van der Waals surface area contributed by atoms with Crippen LogP contribution in [-0.4, -0.2) is 17.5 Å². The number of aromatic nitrogens is 1. The fourth-order valence-corrected chi connectivity index (χ4v) is 1.97. The van der Waals surface area contributed by atoms with E-state index < -0.39 is 0 Å². The largest absolute Gasteiger partial charge is 0.298 e. The van der Waals surface area contributed by atoms with Crippen LogP contribution in [0.15, 0.2) is 29.2 Å². The minimum Gasteiger partial charge on any atom is -0.298 e. The number of carbonyl (C=O) groups excluding carboxylic acids is 1. The van der Waals surface area contributed by atoms with E-state index in [1.54, 1.807) is 17.8 Å². The lowest BCUT2D eigenvalue weighted by molar-refractivity contribution is 0.112. The Kier molecular flexibility index (Phi) is 2.93. The molecule has 0 bridgehead atoms. The van der Waals surface area contributed by atoms with Crippen LogP contribution in [0.25, 0.3) is 10.9 Å². The van der Waals surface area contributed by atoms with Crippen LogP contribution in [0.4, 0.5) is 0 Å². The predicted octanol–water partition coefficient (Wildman–Crippen LogP) is 3.42. The lowest BCUT2D eigenvalue weighted by Gasteiger charge is -2.02. The van der Waals surface area contributed by atoms with Crippen molar-refractivity contribution in [3.05, 3.63) is 35.0 Å². The Bertz CT molecular complexity index is 527.